The van der Waals surface area contributed by atoms with Crippen molar-refractivity contribution in [1.29, 1.82) is 5.41 Å². The summed E-state index contributed by atoms with van der Waals surface area (Å²) in [6.45, 7) is 2.10. The summed E-state index contributed by atoms with van der Waals surface area (Å²) in [7, 11) is 1.87. The molecule has 2 N–H and O–H groups in total. The monoisotopic (exact) mass is 267 g/mol. The van der Waals surface area contributed by atoms with Crippen LogP contribution >= 0.6 is 0 Å². The standard InChI is InChI=1S/C17H21N3/c1-19-12-17(18)20(13-15-8-4-2-5-9-15)14-16-10-6-3-7-11-16/h2-11,18-19H,12-14H2,1H3. The van der Waals surface area contributed by atoms with Crippen LogP contribution in [0.3, 0.4) is 0 Å². The molecule has 0 aliphatic rings. The van der Waals surface area contributed by atoms with E-state index in [4.69, 9.17) is 5.41 Å². The molecular weight excluding hydrogens is 246 g/mol. The average Bonchev–Trinajstić information content (AvgIpc) is 2.49. The van der Waals surface area contributed by atoms with Crippen molar-refractivity contribution in [2.24, 2.45) is 0 Å². The van der Waals surface area contributed by atoms with Gasteiger partial charge in [-0.25, -0.2) is 0 Å². The van der Waals surface area contributed by atoms with E-state index in [1.54, 1.807) is 0 Å². The van der Waals surface area contributed by atoms with Gasteiger partial charge in [-0.2, -0.15) is 0 Å². The van der Waals surface area contributed by atoms with Crippen LogP contribution in [0.2, 0.25) is 0 Å². The molecule has 0 atom stereocenters. The van der Waals surface area contributed by atoms with Gasteiger partial charge in [0.2, 0.25) is 0 Å². The van der Waals surface area contributed by atoms with E-state index in [1.165, 1.54) is 11.1 Å². The highest BCUT2D eigenvalue weighted by Crippen LogP contribution is 2.10. The zero-order valence-corrected chi connectivity index (χ0v) is 11.8. The first-order valence-corrected chi connectivity index (χ1v) is 6.84. The van der Waals surface area contributed by atoms with Crippen molar-refractivity contribution in [3.8, 4) is 0 Å². The zero-order valence-electron chi connectivity index (χ0n) is 11.8. The summed E-state index contributed by atoms with van der Waals surface area (Å²) < 4.78 is 0. The van der Waals surface area contributed by atoms with E-state index in [1.807, 2.05) is 43.4 Å². The third-order valence-corrected chi connectivity index (χ3v) is 3.16. The van der Waals surface area contributed by atoms with Gasteiger partial charge < -0.3 is 10.2 Å². The van der Waals surface area contributed by atoms with E-state index in [2.05, 4.69) is 34.5 Å². The van der Waals surface area contributed by atoms with Crippen LogP contribution in [0.15, 0.2) is 60.7 Å². The lowest BCUT2D eigenvalue weighted by Crippen LogP contribution is -2.35. The van der Waals surface area contributed by atoms with Crippen LogP contribution in [-0.4, -0.2) is 24.3 Å². The first-order valence-electron chi connectivity index (χ1n) is 6.84. The Labute approximate surface area is 120 Å². The molecule has 0 unspecified atom stereocenters. The molecule has 0 amide bonds. The second kappa shape index (κ2) is 7.46. The molecule has 0 saturated heterocycles. The molecule has 0 radical (unpaired) electrons. The topological polar surface area (TPSA) is 39.1 Å². The summed E-state index contributed by atoms with van der Waals surface area (Å²) in [6, 6.07) is 20.6. The second-order valence-corrected chi connectivity index (χ2v) is 4.80. The Morgan fingerprint density at radius 1 is 0.900 bits per heavy atom. The smallest absolute Gasteiger partial charge is 0.111 e. The summed E-state index contributed by atoms with van der Waals surface area (Å²) in [5.41, 5.74) is 2.45. The summed E-state index contributed by atoms with van der Waals surface area (Å²) in [5.74, 6) is 0.611. The first-order chi connectivity index (χ1) is 9.79. The van der Waals surface area contributed by atoms with Crippen molar-refractivity contribution in [3.63, 3.8) is 0 Å². The van der Waals surface area contributed by atoms with Crippen LogP contribution < -0.4 is 5.32 Å². The number of amidine groups is 1. The number of hydrogen-bond acceptors (Lipinski definition) is 2. The van der Waals surface area contributed by atoms with Crippen LogP contribution in [0.4, 0.5) is 0 Å². The van der Waals surface area contributed by atoms with Crippen molar-refractivity contribution in [3.05, 3.63) is 71.8 Å². The highest BCUT2D eigenvalue weighted by atomic mass is 15.2. The Morgan fingerprint density at radius 2 is 1.35 bits per heavy atom. The van der Waals surface area contributed by atoms with E-state index in [0.29, 0.717) is 12.4 Å². The predicted octanol–water partition coefficient (Wildman–Crippen LogP) is 2.89. The van der Waals surface area contributed by atoms with Gasteiger partial charge >= 0.3 is 0 Å². The van der Waals surface area contributed by atoms with E-state index < -0.39 is 0 Å². The van der Waals surface area contributed by atoms with E-state index in [0.717, 1.165) is 13.1 Å². The van der Waals surface area contributed by atoms with E-state index >= 15 is 0 Å². The minimum atomic E-state index is 0.583. The lowest BCUT2D eigenvalue weighted by Gasteiger charge is -2.25. The number of likely N-dealkylation sites (N-methyl/N-ethyl adjacent to an activating group) is 1. The Hall–Kier alpha value is -2.13. The van der Waals surface area contributed by atoms with Gasteiger partial charge in [-0.05, 0) is 18.2 Å². The third kappa shape index (κ3) is 4.21. The van der Waals surface area contributed by atoms with Crippen molar-refractivity contribution in [2.75, 3.05) is 13.6 Å². The molecular formula is C17H21N3. The largest absolute Gasteiger partial charge is 0.351 e. The molecule has 0 aliphatic heterocycles. The summed E-state index contributed by atoms with van der Waals surface area (Å²) in [4.78, 5) is 2.10. The second-order valence-electron chi connectivity index (χ2n) is 4.80. The maximum absolute atomic E-state index is 8.21. The van der Waals surface area contributed by atoms with E-state index in [-0.39, 0.29) is 0 Å². The summed E-state index contributed by atoms with van der Waals surface area (Å²) in [5, 5.41) is 11.3. The number of hydrogen-bond donors (Lipinski definition) is 2. The van der Waals surface area contributed by atoms with Crippen LogP contribution in [0.1, 0.15) is 11.1 Å². The third-order valence-electron chi connectivity index (χ3n) is 3.16. The van der Waals surface area contributed by atoms with Crippen LogP contribution in [0.5, 0.6) is 0 Å². The van der Waals surface area contributed by atoms with Gasteiger partial charge in [-0.3, -0.25) is 5.41 Å². The summed E-state index contributed by atoms with van der Waals surface area (Å²) >= 11 is 0. The molecule has 2 aromatic carbocycles. The van der Waals surface area contributed by atoms with Gasteiger partial charge in [0.1, 0.15) is 5.84 Å². The predicted molar refractivity (Wildman–Crippen MR) is 83.8 cm³/mol. The molecule has 3 heteroatoms. The van der Waals surface area contributed by atoms with Gasteiger partial charge in [0.25, 0.3) is 0 Å². The molecule has 2 rings (SSSR count). The van der Waals surface area contributed by atoms with Gasteiger partial charge in [0.15, 0.2) is 0 Å². The van der Waals surface area contributed by atoms with Gasteiger partial charge in [-0.15, -0.1) is 0 Å². The molecule has 0 saturated carbocycles. The van der Waals surface area contributed by atoms with Crippen molar-refractivity contribution in [1.82, 2.24) is 10.2 Å². The van der Waals surface area contributed by atoms with E-state index in [9.17, 15) is 0 Å². The fourth-order valence-electron chi connectivity index (χ4n) is 2.13. The van der Waals surface area contributed by atoms with Crippen molar-refractivity contribution < 1.29 is 0 Å². The average molecular weight is 267 g/mol. The lowest BCUT2D eigenvalue weighted by molar-refractivity contribution is 0.396. The number of nitrogens with zero attached hydrogens (tertiary/aromatic N) is 1. The number of rotatable bonds is 6. The molecule has 0 aromatic heterocycles. The minimum Gasteiger partial charge on any atom is -0.351 e. The Balaban J connectivity index is 2.10. The zero-order chi connectivity index (χ0) is 14.2. The van der Waals surface area contributed by atoms with Crippen LogP contribution in [0, 0.1) is 5.41 Å². The molecule has 3 nitrogen and oxygen atoms in total. The lowest BCUT2D eigenvalue weighted by atomic mass is 10.1. The number of nitrogens with one attached hydrogen (secondary N) is 2. The van der Waals surface area contributed by atoms with Gasteiger partial charge in [0, 0.05) is 13.1 Å². The minimum absolute atomic E-state index is 0.583. The fraction of sp³-hybridized carbons (Fsp3) is 0.235. The molecule has 104 valence electrons. The maximum Gasteiger partial charge on any atom is 0.111 e. The Morgan fingerprint density at radius 3 is 1.75 bits per heavy atom. The quantitative estimate of drug-likeness (QED) is 0.624. The molecule has 0 fully saturated rings. The van der Waals surface area contributed by atoms with Crippen LogP contribution in [-0.2, 0) is 13.1 Å². The van der Waals surface area contributed by atoms with Gasteiger partial charge in [-0.1, -0.05) is 60.7 Å². The fourth-order valence-corrected chi connectivity index (χ4v) is 2.13. The highest BCUT2D eigenvalue weighted by Gasteiger charge is 2.10. The first kappa shape index (κ1) is 14.3. The summed E-state index contributed by atoms with van der Waals surface area (Å²) in [6.07, 6.45) is 0. The van der Waals surface area contributed by atoms with Gasteiger partial charge in [0.05, 0.1) is 6.54 Å². The molecule has 20 heavy (non-hydrogen) atoms. The Bertz CT molecular complexity index is 481. The molecule has 0 bridgehead atoms. The highest BCUT2D eigenvalue weighted by molar-refractivity contribution is 5.81. The molecule has 0 heterocycles. The maximum atomic E-state index is 8.21. The number of benzene rings is 2. The molecule has 2 aromatic rings. The van der Waals surface area contributed by atoms with Crippen LogP contribution in [0.25, 0.3) is 0 Å². The molecule has 0 aliphatic carbocycles. The molecule has 0 spiro atoms. The normalized spacial score (nSPS) is 10.2. The van der Waals surface area contributed by atoms with Crippen molar-refractivity contribution >= 4 is 5.84 Å². The van der Waals surface area contributed by atoms with Crippen molar-refractivity contribution in [2.45, 2.75) is 13.1 Å². The SMILES string of the molecule is CNCC(=N)N(Cc1ccccc1)Cc1ccccc1. The Kier molecular flexibility index (Phi) is 5.33.